The van der Waals surface area contributed by atoms with Gasteiger partial charge in [-0.15, -0.1) is 5.43 Å². The lowest BCUT2D eigenvalue weighted by atomic mass is 10.4. The van der Waals surface area contributed by atoms with E-state index in [1.165, 1.54) is 0 Å². The van der Waals surface area contributed by atoms with Gasteiger partial charge in [0.25, 0.3) is 0 Å². The van der Waals surface area contributed by atoms with Crippen molar-refractivity contribution < 1.29 is 13.8 Å². The van der Waals surface area contributed by atoms with Crippen molar-refractivity contribution in [2.45, 2.75) is 0 Å². The van der Waals surface area contributed by atoms with Gasteiger partial charge in [0, 0.05) is 12.1 Å². The summed E-state index contributed by atoms with van der Waals surface area (Å²) in [6, 6.07) is 1.43. The molecule has 0 aromatic carbocycles. The molecule has 1 aromatic heterocycles. The molecule has 0 aliphatic carbocycles. The van der Waals surface area contributed by atoms with Crippen molar-refractivity contribution in [3.05, 3.63) is 34.1 Å². The Labute approximate surface area is 65.2 Å². The number of halogens is 2. The SMILES string of the molecule is O=[N+]([O-])Nc1cc(F)nc(F)c1. The molecule has 5 nitrogen and oxygen atoms in total. The van der Waals surface area contributed by atoms with Crippen LogP contribution in [0.1, 0.15) is 0 Å². The molecular weight excluding hydrogens is 172 g/mol. The maximum absolute atomic E-state index is 12.3. The van der Waals surface area contributed by atoms with Gasteiger partial charge in [-0.05, 0) is 0 Å². The highest BCUT2D eigenvalue weighted by Crippen LogP contribution is 2.08. The van der Waals surface area contributed by atoms with Crippen molar-refractivity contribution in [1.82, 2.24) is 4.98 Å². The number of pyridine rings is 1. The maximum atomic E-state index is 12.3. The number of nitrogens with one attached hydrogen (secondary N) is 1. The van der Waals surface area contributed by atoms with Gasteiger partial charge < -0.3 is 0 Å². The third-order valence-electron chi connectivity index (χ3n) is 0.983. The largest absolute Gasteiger partial charge is 0.235 e. The summed E-state index contributed by atoms with van der Waals surface area (Å²) in [4.78, 5) is 12.6. The van der Waals surface area contributed by atoms with E-state index in [2.05, 4.69) is 4.98 Å². The fourth-order valence-corrected chi connectivity index (χ4v) is 0.635. The van der Waals surface area contributed by atoms with E-state index in [-0.39, 0.29) is 5.69 Å². The molecule has 0 radical (unpaired) electrons. The fraction of sp³-hybridized carbons (Fsp3) is 0. The summed E-state index contributed by atoms with van der Waals surface area (Å²) < 4.78 is 24.5. The van der Waals surface area contributed by atoms with Gasteiger partial charge in [0.15, 0.2) is 5.03 Å². The smallest absolute Gasteiger partial charge is 0.217 e. The van der Waals surface area contributed by atoms with Crippen LogP contribution in [0, 0.1) is 22.0 Å². The van der Waals surface area contributed by atoms with Crippen LogP contribution in [0.15, 0.2) is 12.1 Å². The van der Waals surface area contributed by atoms with Crippen LogP contribution in [0.5, 0.6) is 0 Å². The molecule has 0 aliphatic heterocycles. The first-order valence-corrected chi connectivity index (χ1v) is 2.82. The zero-order valence-electron chi connectivity index (χ0n) is 5.62. The van der Waals surface area contributed by atoms with Gasteiger partial charge in [0.2, 0.25) is 11.9 Å². The van der Waals surface area contributed by atoms with Gasteiger partial charge in [-0.2, -0.15) is 13.8 Å². The van der Waals surface area contributed by atoms with E-state index in [4.69, 9.17) is 0 Å². The van der Waals surface area contributed by atoms with E-state index < -0.39 is 16.9 Å². The minimum absolute atomic E-state index is 0.287. The molecule has 64 valence electrons. The van der Waals surface area contributed by atoms with Gasteiger partial charge in [0.1, 0.15) is 5.69 Å². The van der Waals surface area contributed by atoms with Crippen molar-refractivity contribution in [3.8, 4) is 0 Å². The topological polar surface area (TPSA) is 68.1 Å². The lowest BCUT2D eigenvalue weighted by molar-refractivity contribution is -0.445. The molecular formula is C5H3F2N3O2. The van der Waals surface area contributed by atoms with Crippen LogP contribution in [0.2, 0.25) is 0 Å². The van der Waals surface area contributed by atoms with Gasteiger partial charge >= 0.3 is 0 Å². The number of nitro groups is 1. The maximum Gasteiger partial charge on any atom is 0.217 e. The molecule has 7 heteroatoms. The minimum atomic E-state index is -1.11. The number of rotatable bonds is 2. The van der Waals surface area contributed by atoms with Crippen LogP contribution in [-0.4, -0.2) is 10.0 Å². The van der Waals surface area contributed by atoms with Crippen LogP contribution in [-0.2, 0) is 0 Å². The molecule has 1 N–H and O–H groups in total. The highest BCUT2D eigenvalue weighted by molar-refractivity contribution is 5.38. The highest BCUT2D eigenvalue weighted by Gasteiger charge is 2.04. The zero-order chi connectivity index (χ0) is 9.14. The summed E-state index contributed by atoms with van der Waals surface area (Å²) in [7, 11) is 0. The van der Waals surface area contributed by atoms with Crippen molar-refractivity contribution in [2.24, 2.45) is 0 Å². The first-order valence-electron chi connectivity index (χ1n) is 2.82. The Morgan fingerprint density at radius 3 is 2.33 bits per heavy atom. The lowest BCUT2D eigenvalue weighted by Crippen LogP contribution is -2.08. The van der Waals surface area contributed by atoms with E-state index in [1.807, 2.05) is 0 Å². The van der Waals surface area contributed by atoms with Crippen LogP contribution >= 0.6 is 0 Å². The second-order valence-corrected chi connectivity index (χ2v) is 1.87. The standard InChI is InChI=1S/C5H3F2N3O2/c6-4-1-3(9-10(11)12)2-5(7)8-4/h1-2H,(H,8,9). The molecule has 0 saturated heterocycles. The Hall–Kier alpha value is -1.79. The van der Waals surface area contributed by atoms with E-state index in [0.717, 1.165) is 0 Å². The second kappa shape index (κ2) is 3.07. The van der Waals surface area contributed by atoms with Crippen molar-refractivity contribution in [1.29, 1.82) is 0 Å². The predicted octanol–water partition coefficient (Wildman–Crippen LogP) is 0.963. The summed E-state index contributed by atoms with van der Waals surface area (Å²) in [6.45, 7) is 0. The van der Waals surface area contributed by atoms with Gasteiger partial charge in [-0.1, -0.05) is 0 Å². The number of hydrogen-bond donors (Lipinski definition) is 1. The summed E-state index contributed by atoms with van der Waals surface area (Å²) in [6.07, 6.45) is 0. The molecule has 0 fully saturated rings. The molecule has 0 saturated carbocycles. The van der Waals surface area contributed by atoms with Crippen molar-refractivity contribution in [3.63, 3.8) is 0 Å². The summed E-state index contributed by atoms with van der Waals surface area (Å²) in [5.41, 5.74) is 1.30. The van der Waals surface area contributed by atoms with Crippen LogP contribution in [0.4, 0.5) is 14.5 Å². The van der Waals surface area contributed by atoms with Crippen molar-refractivity contribution >= 4 is 5.69 Å². The lowest BCUT2D eigenvalue weighted by Gasteiger charge is -1.95. The molecule has 12 heavy (non-hydrogen) atoms. The Balaban J connectivity index is 2.93. The van der Waals surface area contributed by atoms with Gasteiger partial charge in [0.05, 0.1) is 0 Å². The van der Waals surface area contributed by atoms with E-state index >= 15 is 0 Å². The average molecular weight is 175 g/mol. The molecule has 1 rings (SSSR count). The number of nitrogens with zero attached hydrogens (tertiary/aromatic N) is 2. The molecule has 1 aromatic rings. The van der Waals surface area contributed by atoms with Crippen LogP contribution in [0.25, 0.3) is 0 Å². The number of hydrogen-bond acceptors (Lipinski definition) is 3. The summed E-state index contributed by atoms with van der Waals surface area (Å²) in [5, 5.41) is 8.90. The van der Waals surface area contributed by atoms with Crippen LogP contribution in [0.3, 0.4) is 0 Å². The third kappa shape index (κ3) is 2.11. The summed E-state index contributed by atoms with van der Waals surface area (Å²) >= 11 is 0. The monoisotopic (exact) mass is 175 g/mol. The normalized spacial score (nSPS) is 9.50. The third-order valence-corrected chi connectivity index (χ3v) is 0.983. The van der Waals surface area contributed by atoms with Crippen LogP contribution < -0.4 is 5.43 Å². The Morgan fingerprint density at radius 2 is 1.92 bits per heavy atom. The molecule has 0 spiro atoms. The minimum Gasteiger partial charge on any atom is -0.235 e. The second-order valence-electron chi connectivity index (χ2n) is 1.87. The molecule has 0 unspecified atom stereocenters. The van der Waals surface area contributed by atoms with Gasteiger partial charge in [-0.25, -0.2) is 10.1 Å². The van der Waals surface area contributed by atoms with E-state index in [1.54, 1.807) is 5.43 Å². The van der Waals surface area contributed by atoms with Crippen molar-refractivity contribution in [2.75, 3.05) is 5.43 Å². The fourth-order valence-electron chi connectivity index (χ4n) is 0.635. The molecule has 0 bridgehead atoms. The number of aromatic nitrogens is 1. The number of anilines is 1. The highest BCUT2D eigenvalue weighted by atomic mass is 19.1. The van der Waals surface area contributed by atoms with Gasteiger partial charge in [-0.3, -0.25) is 0 Å². The van der Waals surface area contributed by atoms with E-state index in [0.29, 0.717) is 12.1 Å². The average Bonchev–Trinajstić information content (AvgIpc) is 1.81. The van der Waals surface area contributed by atoms with E-state index in [9.17, 15) is 18.9 Å². The molecule has 0 amide bonds. The molecule has 1 heterocycles. The summed E-state index contributed by atoms with van der Waals surface area (Å²) in [5.74, 6) is -2.22. The quantitative estimate of drug-likeness (QED) is 0.413. The zero-order valence-corrected chi connectivity index (χ0v) is 5.62. The Morgan fingerprint density at radius 1 is 1.42 bits per heavy atom. The first-order chi connectivity index (χ1) is 5.58. The first kappa shape index (κ1) is 8.31. The number of hydrazine groups is 1. The molecule has 0 aliphatic rings. The Bertz CT molecular complexity index is 297. The predicted molar refractivity (Wildman–Crippen MR) is 34.8 cm³/mol. The molecule has 0 atom stereocenters. The Kier molecular flexibility index (Phi) is 2.13.